The molecule has 1 heterocycles. The van der Waals surface area contributed by atoms with Gasteiger partial charge in [-0.15, -0.1) is 12.4 Å². The van der Waals surface area contributed by atoms with Gasteiger partial charge in [0.2, 0.25) is 5.75 Å². The Hall–Kier alpha value is -1.17. The van der Waals surface area contributed by atoms with E-state index in [-0.39, 0.29) is 29.9 Å². The van der Waals surface area contributed by atoms with E-state index >= 15 is 0 Å². The summed E-state index contributed by atoms with van der Waals surface area (Å²) in [7, 11) is 0. The van der Waals surface area contributed by atoms with Gasteiger partial charge in [0.05, 0.1) is 0 Å². The second kappa shape index (κ2) is 5.25. The molecule has 6 heteroatoms. The van der Waals surface area contributed by atoms with E-state index in [1.165, 1.54) is 6.07 Å². The number of aromatic hydroxyl groups is 3. The second-order valence-electron chi connectivity index (χ2n) is 3.58. The highest BCUT2D eigenvalue weighted by Gasteiger charge is 2.20. The van der Waals surface area contributed by atoms with E-state index in [9.17, 15) is 15.3 Å². The summed E-state index contributed by atoms with van der Waals surface area (Å²) in [5.74, 6) is -1.02. The number of phenolic OH excluding ortho intramolecular Hbond substituents is 3. The van der Waals surface area contributed by atoms with Crippen LogP contribution in [0.5, 0.6) is 17.2 Å². The predicted octanol–water partition coefficient (Wildman–Crippen LogP) is 0.459. The van der Waals surface area contributed by atoms with Crippen LogP contribution in [-0.2, 0) is 0 Å². The minimum Gasteiger partial charge on any atom is -0.504 e. The smallest absolute Gasteiger partial charge is 0.200 e. The Morgan fingerprint density at radius 2 is 1.81 bits per heavy atom. The summed E-state index contributed by atoms with van der Waals surface area (Å²) >= 11 is 0. The number of phenols is 3. The van der Waals surface area contributed by atoms with E-state index in [0.29, 0.717) is 12.1 Å². The molecule has 0 saturated carbocycles. The van der Waals surface area contributed by atoms with Crippen LogP contribution >= 0.6 is 12.4 Å². The fourth-order valence-electron chi connectivity index (χ4n) is 1.74. The quantitative estimate of drug-likeness (QED) is 0.465. The SMILES string of the molecule is Cl.Oc1ccc([C@H]2CNCCN2)c(O)c1O. The molecule has 1 aromatic carbocycles. The number of halogens is 1. The second-order valence-corrected chi connectivity index (χ2v) is 3.58. The maximum atomic E-state index is 9.65. The average Bonchev–Trinajstić information content (AvgIpc) is 2.27. The van der Waals surface area contributed by atoms with Crippen molar-refractivity contribution in [3.63, 3.8) is 0 Å². The standard InChI is InChI=1S/C10H14N2O3.ClH/c13-8-2-1-6(9(14)10(8)15)7-5-11-3-4-12-7;/h1-2,7,11-15H,3-5H2;1H/t7-;/m1./s1. The van der Waals surface area contributed by atoms with Gasteiger partial charge >= 0.3 is 0 Å². The first-order valence-corrected chi connectivity index (χ1v) is 4.88. The first-order chi connectivity index (χ1) is 7.20. The molecular formula is C10H15ClN2O3. The van der Waals surface area contributed by atoms with Gasteiger partial charge < -0.3 is 26.0 Å². The molecular weight excluding hydrogens is 232 g/mol. The molecule has 0 spiro atoms. The summed E-state index contributed by atoms with van der Waals surface area (Å²) in [5, 5.41) is 34.6. The normalized spacial score (nSPS) is 20.1. The lowest BCUT2D eigenvalue weighted by Gasteiger charge is -2.25. The van der Waals surface area contributed by atoms with Crippen molar-refractivity contribution < 1.29 is 15.3 Å². The molecule has 1 saturated heterocycles. The molecule has 5 N–H and O–H groups in total. The number of nitrogens with one attached hydrogen (secondary N) is 2. The van der Waals surface area contributed by atoms with Crippen LogP contribution in [-0.4, -0.2) is 35.0 Å². The van der Waals surface area contributed by atoms with Crippen LogP contribution in [0.25, 0.3) is 0 Å². The fraction of sp³-hybridized carbons (Fsp3) is 0.400. The molecule has 1 aliphatic heterocycles. The van der Waals surface area contributed by atoms with E-state index in [0.717, 1.165) is 13.1 Å². The van der Waals surface area contributed by atoms with Crippen LogP contribution in [0, 0.1) is 0 Å². The van der Waals surface area contributed by atoms with Gasteiger partial charge in [0.1, 0.15) is 0 Å². The van der Waals surface area contributed by atoms with Crippen LogP contribution < -0.4 is 10.6 Å². The zero-order chi connectivity index (χ0) is 10.8. The van der Waals surface area contributed by atoms with Crippen molar-refractivity contribution >= 4 is 12.4 Å². The molecule has 5 nitrogen and oxygen atoms in total. The lowest BCUT2D eigenvalue weighted by atomic mass is 10.0. The molecule has 0 radical (unpaired) electrons. The Morgan fingerprint density at radius 3 is 2.44 bits per heavy atom. The lowest BCUT2D eigenvalue weighted by Crippen LogP contribution is -2.42. The molecule has 1 fully saturated rings. The summed E-state index contributed by atoms with van der Waals surface area (Å²) in [4.78, 5) is 0. The Balaban J connectivity index is 0.00000128. The van der Waals surface area contributed by atoms with E-state index in [1.54, 1.807) is 6.07 Å². The highest BCUT2D eigenvalue weighted by atomic mass is 35.5. The first-order valence-electron chi connectivity index (χ1n) is 4.88. The summed E-state index contributed by atoms with van der Waals surface area (Å²) in [5.41, 5.74) is 0.595. The van der Waals surface area contributed by atoms with Crippen molar-refractivity contribution in [2.24, 2.45) is 0 Å². The molecule has 1 aliphatic rings. The highest BCUT2D eigenvalue weighted by molar-refractivity contribution is 5.85. The van der Waals surface area contributed by atoms with Crippen LogP contribution in [0.15, 0.2) is 12.1 Å². The molecule has 0 amide bonds. The van der Waals surface area contributed by atoms with E-state index < -0.39 is 5.75 Å². The van der Waals surface area contributed by atoms with E-state index in [4.69, 9.17) is 0 Å². The molecule has 16 heavy (non-hydrogen) atoms. The highest BCUT2D eigenvalue weighted by Crippen LogP contribution is 2.39. The van der Waals surface area contributed by atoms with Crippen LogP contribution in [0.1, 0.15) is 11.6 Å². The van der Waals surface area contributed by atoms with Gasteiger partial charge in [-0.1, -0.05) is 0 Å². The van der Waals surface area contributed by atoms with Crippen LogP contribution in [0.3, 0.4) is 0 Å². The van der Waals surface area contributed by atoms with Crippen molar-refractivity contribution in [1.82, 2.24) is 10.6 Å². The summed E-state index contributed by atoms with van der Waals surface area (Å²) in [6.45, 7) is 2.39. The molecule has 1 atom stereocenters. The van der Waals surface area contributed by atoms with Crippen molar-refractivity contribution in [3.8, 4) is 17.2 Å². The Kier molecular flexibility index (Phi) is 4.23. The van der Waals surface area contributed by atoms with Crippen molar-refractivity contribution in [3.05, 3.63) is 17.7 Å². The predicted molar refractivity (Wildman–Crippen MR) is 62.3 cm³/mol. The van der Waals surface area contributed by atoms with Gasteiger partial charge in [-0.05, 0) is 12.1 Å². The monoisotopic (exact) mass is 246 g/mol. The van der Waals surface area contributed by atoms with Crippen molar-refractivity contribution in [1.29, 1.82) is 0 Å². The minimum atomic E-state index is -0.458. The molecule has 1 aromatic rings. The third-order valence-corrected chi connectivity index (χ3v) is 2.58. The molecule has 0 aromatic heterocycles. The van der Waals surface area contributed by atoms with Gasteiger partial charge in [-0.2, -0.15) is 0 Å². The average molecular weight is 247 g/mol. The van der Waals surface area contributed by atoms with E-state index in [2.05, 4.69) is 10.6 Å². The third kappa shape index (κ3) is 2.32. The number of benzene rings is 1. The Labute approximate surface area is 99.5 Å². The maximum absolute atomic E-state index is 9.65. The minimum absolute atomic E-state index is 0. The number of hydrogen-bond donors (Lipinski definition) is 5. The molecule has 2 rings (SSSR count). The van der Waals surface area contributed by atoms with Gasteiger partial charge in [-0.25, -0.2) is 0 Å². The van der Waals surface area contributed by atoms with Gasteiger partial charge in [0.25, 0.3) is 0 Å². The molecule has 90 valence electrons. The fourth-order valence-corrected chi connectivity index (χ4v) is 1.74. The topological polar surface area (TPSA) is 84.8 Å². The number of piperazine rings is 1. The lowest BCUT2D eigenvalue weighted by molar-refractivity contribution is 0.353. The van der Waals surface area contributed by atoms with Gasteiger partial charge in [-0.3, -0.25) is 0 Å². The summed E-state index contributed by atoms with van der Waals surface area (Å²) in [6.07, 6.45) is 0. The summed E-state index contributed by atoms with van der Waals surface area (Å²) in [6, 6.07) is 2.95. The number of rotatable bonds is 1. The zero-order valence-corrected chi connectivity index (χ0v) is 9.42. The van der Waals surface area contributed by atoms with Crippen molar-refractivity contribution in [2.75, 3.05) is 19.6 Å². The maximum Gasteiger partial charge on any atom is 0.200 e. The van der Waals surface area contributed by atoms with E-state index in [1.807, 2.05) is 0 Å². The summed E-state index contributed by atoms with van der Waals surface area (Å²) < 4.78 is 0. The van der Waals surface area contributed by atoms with Crippen LogP contribution in [0.4, 0.5) is 0 Å². The first kappa shape index (κ1) is 12.9. The third-order valence-electron chi connectivity index (χ3n) is 2.58. The largest absolute Gasteiger partial charge is 0.504 e. The molecule has 0 unspecified atom stereocenters. The molecule has 0 bridgehead atoms. The molecule has 0 aliphatic carbocycles. The Morgan fingerprint density at radius 1 is 1.06 bits per heavy atom. The zero-order valence-electron chi connectivity index (χ0n) is 8.60. The van der Waals surface area contributed by atoms with Gasteiger partial charge in [0, 0.05) is 31.2 Å². The number of hydrogen-bond acceptors (Lipinski definition) is 5. The van der Waals surface area contributed by atoms with Crippen LogP contribution in [0.2, 0.25) is 0 Å². The van der Waals surface area contributed by atoms with Crippen molar-refractivity contribution in [2.45, 2.75) is 6.04 Å². The van der Waals surface area contributed by atoms with Gasteiger partial charge in [0.15, 0.2) is 11.5 Å². The Bertz CT molecular complexity index is 367.